The number of pyridine rings is 1. The van der Waals surface area contributed by atoms with Crippen LogP contribution in [0, 0.1) is 11.7 Å². The summed E-state index contributed by atoms with van der Waals surface area (Å²) in [6, 6.07) is 12.7. The van der Waals surface area contributed by atoms with Crippen molar-refractivity contribution in [3.8, 4) is 0 Å². The van der Waals surface area contributed by atoms with Gasteiger partial charge in [0.05, 0.1) is 16.6 Å². The summed E-state index contributed by atoms with van der Waals surface area (Å²) in [5, 5.41) is 3.88. The molecule has 1 fully saturated rings. The van der Waals surface area contributed by atoms with Crippen LogP contribution in [0.4, 0.5) is 4.39 Å². The summed E-state index contributed by atoms with van der Waals surface area (Å²) in [6.07, 6.45) is 6.19. The van der Waals surface area contributed by atoms with Gasteiger partial charge in [0.1, 0.15) is 11.6 Å². The lowest BCUT2D eigenvalue weighted by Gasteiger charge is -2.32. The number of rotatable bonds is 5. The van der Waals surface area contributed by atoms with Crippen LogP contribution in [0.3, 0.4) is 0 Å². The first-order valence-electron chi connectivity index (χ1n) is 12.2. The molecule has 6 heteroatoms. The summed E-state index contributed by atoms with van der Waals surface area (Å²) in [6.45, 7) is 6.15. The molecule has 1 saturated carbocycles. The first kappa shape index (κ1) is 22.5. The molecule has 176 valence electrons. The number of hydrogen-bond donors (Lipinski definition) is 2. The number of aromatic nitrogens is 3. The molecular formula is C28H31FN4O. The zero-order chi connectivity index (χ0) is 23.8. The second-order valence-corrected chi connectivity index (χ2v) is 9.94. The normalized spacial score (nSPS) is 19.6. The molecule has 2 aromatic carbocycles. The minimum atomic E-state index is -0.209. The Kier molecular flexibility index (Phi) is 6.07. The standard InChI is InChI=1S/C28H31FN4O/c1-16(2)31-28(34)20-8-10-25-26(14-20)33-27(32-25)17(3)18-4-6-19(7-5-18)22-12-13-30-24-11-9-21(29)15-23(22)24/h8-19H,4-7H2,1-3H3,(H,31,34)(H,32,33). The molecule has 5 nitrogen and oxygen atoms in total. The summed E-state index contributed by atoms with van der Waals surface area (Å²) in [4.78, 5) is 25.1. The zero-order valence-electron chi connectivity index (χ0n) is 19.9. The quantitative estimate of drug-likeness (QED) is 0.360. The van der Waals surface area contributed by atoms with Crippen LogP contribution >= 0.6 is 0 Å². The smallest absolute Gasteiger partial charge is 0.251 e. The maximum absolute atomic E-state index is 13.9. The van der Waals surface area contributed by atoms with Gasteiger partial charge in [0.15, 0.2) is 0 Å². The molecule has 34 heavy (non-hydrogen) atoms. The van der Waals surface area contributed by atoms with Gasteiger partial charge in [0.25, 0.3) is 5.91 Å². The molecule has 4 aromatic rings. The van der Waals surface area contributed by atoms with E-state index < -0.39 is 0 Å². The molecule has 5 rings (SSSR count). The Morgan fingerprint density at radius 3 is 2.56 bits per heavy atom. The number of carbonyl (C=O) groups excluding carboxylic acids is 1. The fourth-order valence-corrected chi connectivity index (χ4v) is 5.38. The molecule has 1 aliphatic carbocycles. The molecule has 2 heterocycles. The monoisotopic (exact) mass is 458 g/mol. The van der Waals surface area contributed by atoms with Crippen LogP contribution in [0.25, 0.3) is 21.9 Å². The molecule has 2 aromatic heterocycles. The lowest BCUT2D eigenvalue weighted by atomic mass is 9.73. The van der Waals surface area contributed by atoms with Gasteiger partial charge in [-0.05, 0) is 99.4 Å². The summed E-state index contributed by atoms with van der Waals surface area (Å²) >= 11 is 0. The molecular weight excluding hydrogens is 427 g/mol. The highest BCUT2D eigenvalue weighted by molar-refractivity contribution is 5.97. The summed E-state index contributed by atoms with van der Waals surface area (Å²) in [7, 11) is 0. The van der Waals surface area contributed by atoms with Crippen molar-refractivity contribution in [2.45, 2.75) is 64.3 Å². The number of fused-ring (bicyclic) bond motifs is 2. The van der Waals surface area contributed by atoms with Crippen molar-refractivity contribution < 1.29 is 9.18 Å². The summed E-state index contributed by atoms with van der Waals surface area (Å²) < 4.78 is 13.9. The molecule has 0 aliphatic heterocycles. The van der Waals surface area contributed by atoms with E-state index in [9.17, 15) is 9.18 Å². The molecule has 2 N–H and O–H groups in total. The van der Waals surface area contributed by atoms with Gasteiger partial charge in [-0.25, -0.2) is 9.37 Å². The van der Waals surface area contributed by atoms with Gasteiger partial charge in [0, 0.05) is 29.1 Å². The molecule has 0 radical (unpaired) electrons. The second-order valence-electron chi connectivity index (χ2n) is 9.94. The van der Waals surface area contributed by atoms with Crippen LogP contribution in [0.5, 0.6) is 0 Å². The van der Waals surface area contributed by atoms with Crippen LogP contribution in [-0.2, 0) is 0 Å². The maximum Gasteiger partial charge on any atom is 0.251 e. The van der Waals surface area contributed by atoms with E-state index >= 15 is 0 Å². The van der Waals surface area contributed by atoms with Gasteiger partial charge in [-0.15, -0.1) is 0 Å². The van der Waals surface area contributed by atoms with Crippen molar-refractivity contribution in [1.29, 1.82) is 0 Å². The van der Waals surface area contributed by atoms with E-state index in [0.29, 0.717) is 23.3 Å². The fourth-order valence-electron chi connectivity index (χ4n) is 5.38. The minimum Gasteiger partial charge on any atom is -0.350 e. The minimum absolute atomic E-state index is 0.0667. The van der Waals surface area contributed by atoms with Gasteiger partial charge in [-0.3, -0.25) is 9.78 Å². The lowest BCUT2D eigenvalue weighted by molar-refractivity contribution is 0.0943. The predicted molar refractivity (Wildman–Crippen MR) is 134 cm³/mol. The van der Waals surface area contributed by atoms with E-state index in [1.807, 2.05) is 38.2 Å². The number of imidazole rings is 1. The number of amides is 1. The Morgan fingerprint density at radius 1 is 1.03 bits per heavy atom. The van der Waals surface area contributed by atoms with Crippen LogP contribution < -0.4 is 5.32 Å². The number of H-pyrrole nitrogens is 1. The molecule has 1 aliphatic rings. The molecule has 1 unspecified atom stereocenters. The number of nitrogens with zero attached hydrogens (tertiary/aromatic N) is 2. The predicted octanol–water partition coefficient (Wildman–Crippen LogP) is 6.47. The Morgan fingerprint density at radius 2 is 1.79 bits per heavy atom. The van der Waals surface area contributed by atoms with Gasteiger partial charge in [-0.2, -0.15) is 0 Å². The fraction of sp³-hybridized carbons (Fsp3) is 0.393. The third-order valence-electron chi connectivity index (χ3n) is 7.27. The van der Waals surface area contributed by atoms with Crippen molar-refractivity contribution in [2.75, 3.05) is 0 Å². The van der Waals surface area contributed by atoms with Crippen LogP contribution in [0.2, 0.25) is 0 Å². The van der Waals surface area contributed by atoms with Gasteiger partial charge in [0.2, 0.25) is 0 Å². The average Bonchev–Trinajstić information content (AvgIpc) is 3.26. The Bertz CT molecular complexity index is 1340. The molecule has 0 saturated heterocycles. The van der Waals surface area contributed by atoms with Crippen molar-refractivity contribution >= 4 is 27.8 Å². The van der Waals surface area contributed by atoms with Gasteiger partial charge < -0.3 is 10.3 Å². The summed E-state index contributed by atoms with van der Waals surface area (Å²) in [5.74, 6) is 1.96. The topological polar surface area (TPSA) is 70.7 Å². The Labute approximate surface area is 199 Å². The largest absolute Gasteiger partial charge is 0.350 e. The van der Waals surface area contributed by atoms with Crippen molar-refractivity contribution in [3.05, 3.63) is 71.4 Å². The number of carbonyl (C=O) groups is 1. The van der Waals surface area contributed by atoms with Crippen LogP contribution in [0.1, 0.15) is 80.0 Å². The number of hydrogen-bond acceptors (Lipinski definition) is 3. The van der Waals surface area contributed by atoms with Crippen LogP contribution in [0.15, 0.2) is 48.7 Å². The third kappa shape index (κ3) is 4.41. The Hall–Kier alpha value is -3.28. The highest BCUT2D eigenvalue weighted by Crippen LogP contribution is 2.43. The molecule has 1 amide bonds. The van der Waals surface area contributed by atoms with Crippen LogP contribution in [-0.4, -0.2) is 26.9 Å². The lowest BCUT2D eigenvalue weighted by Crippen LogP contribution is -2.29. The number of benzene rings is 2. The zero-order valence-corrected chi connectivity index (χ0v) is 19.9. The van der Waals surface area contributed by atoms with E-state index in [4.69, 9.17) is 4.98 Å². The molecule has 0 spiro atoms. The Balaban J connectivity index is 1.30. The van der Waals surface area contributed by atoms with Crippen molar-refractivity contribution in [3.63, 3.8) is 0 Å². The van der Waals surface area contributed by atoms with E-state index in [2.05, 4.69) is 28.3 Å². The van der Waals surface area contributed by atoms with E-state index in [0.717, 1.165) is 53.4 Å². The first-order valence-corrected chi connectivity index (χ1v) is 12.2. The molecule has 0 bridgehead atoms. The SMILES string of the molecule is CC(C)NC(=O)c1ccc2nc(C(C)C3CCC(c4ccnc5ccc(F)cc45)CC3)[nH]c2c1. The van der Waals surface area contributed by atoms with E-state index in [1.165, 1.54) is 11.6 Å². The average molecular weight is 459 g/mol. The highest BCUT2D eigenvalue weighted by Gasteiger charge is 2.29. The number of halogens is 1. The van der Waals surface area contributed by atoms with Crippen molar-refractivity contribution in [1.82, 2.24) is 20.3 Å². The number of nitrogens with one attached hydrogen (secondary N) is 2. The first-order chi connectivity index (χ1) is 16.4. The van der Waals surface area contributed by atoms with Crippen molar-refractivity contribution in [2.24, 2.45) is 5.92 Å². The van der Waals surface area contributed by atoms with Gasteiger partial charge in [-0.1, -0.05) is 6.92 Å². The third-order valence-corrected chi connectivity index (χ3v) is 7.27. The van der Waals surface area contributed by atoms with E-state index in [-0.39, 0.29) is 17.8 Å². The maximum atomic E-state index is 13.9. The van der Waals surface area contributed by atoms with Gasteiger partial charge >= 0.3 is 0 Å². The highest BCUT2D eigenvalue weighted by atomic mass is 19.1. The molecule has 1 atom stereocenters. The number of aromatic amines is 1. The second kappa shape index (κ2) is 9.16. The van der Waals surface area contributed by atoms with E-state index in [1.54, 1.807) is 12.1 Å². The summed E-state index contributed by atoms with van der Waals surface area (Å²) in [5.41, 5.74) is 4.51.